The van der Waals surface area contributed by atoms with Crippen molar-refractivity contribution in [2.24, 2.45) is 0 Å². The molecule has 0 unspecified atom stereocenters. The number of nitrogens with zero attached hydrogens (tertiary/aromatic N) is 2. The zero-order chi connectivity index (χ0) is 23.6. The summed E-state index contributed by atoms with van der Waals surface area (Å²) >= 11 is 0. The molecule has 0 bridgehead atoms. The second-order valence-corrected chi connectivity index (χ2v) is 8.33. The molecule has 3 heterocycles. The fourth-order valence-electron chi connectivity index (χ4n) is 4.39. The van der Waals surface area contributed by atoms with Gasteiger partial charge in [-0.2, -0.15) is 13.2 Å². The number of rotatable bonds is 5. The molecule has 1 saturated heterocycles. The molecule has 0 saturated carbocycles. The number of fused-ring (bicyclic) bond motifs is 1. The van der Waals surface area contributed by atoms with E-state index < -0.39 is 22.7 Å². The molecule has 1 N–H and O–H groups in total. The first kappa shape index (κ1) is 22.9. The Kier molecular flexibility index (Phi) is 6.43. The van der Waals surface area contributed by atoms with Crippen molar-refractivity contribution in [3.8, 4) is 18.1 Å². The number of alkyl halides is 3. The van der Waals surface area contributed by atoms with Gasteiger partial charge in [0.15, 0.2) is 0 Å². The largest absolute Gasteiger partial charge is 0.481 e. The molecule has 3 aromatic rings. The number of H-pyrrole nitrogens is 1. The number of hydrogen-bond acceptors (Lipinski definition) is 4. The molecule has 0 aliphatic carbocycles. The van der Waals surface area contributed by atoms with E-state index in [0.29, 0.717) is 18.0 Å². The molecule has 0 amide bonds. The number of aryl methyl sites for hydroxylation is 1. The van der Waals surface area contributed by atoms with Crippen LogP contribution in [0.25, 0.3) is 10.9 Å². The highest BCUT2D eigenvalue weighted by molar-refractivity contribution is 5.82. The Morgan fingerprint density at radius 3 is 2.73 bits per heavy atom. The lowest BCUT2D eigenvalue weighted by atomic mass is 9.93. The van der Waals surface area contributed by atoms with Gasteiger partial charge in [0.2, 0.25) is 0 Å². The predicted octanol–water partition coefficient (Wildman–Crippen LogP) is 4.64. The van der Waals surface area contributed by atoms with Gasteiger partial charge in [-0.25, -0.2) is 0 Å². The molecule has 1 fully saturated rings. The normalized spacial score (nSPS) is 17.1. The minimum Gasteiger partial charge on any atom is -0.481 e. The lowest BCUT2D eigenvalue weighted by Gasteiger charge is -2.32. The minimum absolute atomic E-state index is 0.00531. The van der Waals surface area contributed by atoms with Crippen LogP contribution in [0.3, 0.4) is 0 Å². The Morgan fingerprint density at radius 2 is 2.03 bits per heavy atom. The van der Waals surface area contributed by atoms with Crippen molar-refractivity contribution in [2.75, 3.05) is 19.7 Å². The molecule has 1 aliphatic rings. The maximum atomic E-state index is 13.5. The van der Waals surface area contributed by atoms with Gasteiger partial charge in [-0.3, -0.25) is 14.7 Å². The molecule has 4 rings (SSSR count). The smallest absolute Gasteiger partial charge is 0.417 e. The summed E-state index contributed by atoms with van der Waals surface area (Å²) < 4.78 is 45.8. The van der Waals surface area contributed by atoms with Crippen LogP contribution in [0.4, 0.5) is 13.2 Å². The van der Waals surface area contributed by atoms with E-state index in [0.717, 1.165) is 37.6 Å². The lowest BCUT2D eigenvalue weighted by Crippen LogP contribution is -2.34. The molecule has 1 aliphatic heterocycles. The second-order valence-electron chi connectivity index (χ2n) is 8.33. The predicted molar refractivity (Wildman–Crippen MR) is 120 cm³/mol. The lowest BCUT2D eigenvalue weighted by molar-refractivity contribution is -0.136. The fraction of sp³-hybridized carbons (Fsp3) is 0.360. The van der Waals surface area contributed by atoms with E-state index in [1.54, 1.807) is 6.07 Å². The van der Waals surface area contributed by atoms with Gasteiger partial charge < -0.3 is 9.72 Å². The number of nitrogens with one attached hydrogen (secondary N) is 1. The summed E-state index contributed by atoms with van der Waals surface area (Å²) in [6.07, 6.45) is 2.35. The third-order valence-electron chi connectivity index (χ3n) is 5.86. The Bertz CT molecular complexity index is 1240. The molecule has 1 aromatic carbocycles. The first-order valence-electron chi connectivity index (χ1n) is 10.7. The topological polar surface area (TPSA) is 58.2 Å². The van der Waals surface area contributed by atoms with Crippen LogP contribution in [0.5, 0.6) is 5.75 Å². The van der Waals surface area contributed by atoms with Crippen LogP contribution in [-0.2, 0) is 12.7 Å². The second kappa shape index (κ2) is 9.28. The van der Waals surface area contributed by atoms with Gasteiger partial charge in [-0.15, -0.1) is 6.42 Å². The standard InChI is InChI=1S/C25H24F3N3O2/c1-3-11-33-19-8-6-17(7-9-19)14-31-10-4-5-18(15-31)21-13-22-23(24(32)30-21)20(25(26,27)28)12-16(2)29-22/h1,6-9,12-13,18H,4-5,10-11,14-15H2,2H3,(H,30,32)/t18-/m1/s1. The van der Waals surface area contributed by atoms with Crippen molar-refractivity contribution in [3.05, 3.63) is 69.3 Å². The van der Waals surface area contributed by atoms with Crippen LogP contribution < -0.4 is 10.3 Å². The highest BCUT2D eigenvalue weighted by atomic mass is 19.4. The number of ether oxygens (including phenoxy) is 1. The van der Waals surface area contributed by atoms with Crippen molar-refractivity contribution in [1.29, 1.82) is 0 Å². The highest BCUT2D eigenvalue weighted by Gasteiger charge is 2.35. The van der Waals surface area contributed by atoms with Crippen LogP contribution >= 0.6 is 0 Å². The van der Waals surface area contributed by atoms with E-state index in [1.165, 1.54) is 6.92 Å². The van der Waals surface area contributed by atoms with Crippen LogP contribution in [0, 0.1) is 19.3 Å². The Hall–Kier alpha value is -3.31. The van der Waals surface area contributed by atoms with E-state index in [2.05, 4.69) is 20.8 Å². The number of benzene rings is 1. The number of piperidine rings is 1. The first-order chi connectivity index (χ1) is 15.7. The summed E-state index contributed by atoms with van der Waals surface area (Å²) in [6, 6.07) is 10.2. The summed E-state index contributed by atoms with van der Waals surface area (Å²) in [6.45, 7) is 4.03. The van der Waals surface area contributed by atoms with E-state index >= 15 is 0 Å². The van der Waals surface area contributed by atoms with Gasteiger partial charge in [-0.05, 0) is 56.1 Å². The number of hydrogen-bond donors (Lipinski definition) is 1. The van der Waals surface area contributed by atoms with Crippen molar-refractivity contribution in [3.63, 3.8) is 0 Å². The average Bonchev–Trinajstić information content (AvgIpc) is 2.77. The maximum Gasteiger partial charge on any atom is 0.417 e. The number of likely N-dealkylation sites (tertiary alicyclic amines) is 1. The molecule has 5 nitrogen and oxygen atoms in total. The molecule has 172 valence electrons. The minimum atomic E-state index is -4.62. The summed E-state index contributed by atoms with van der Waals surface area (Å²) in [5, 5.41) is -0.406. The maximum absolute atomic E-state index is 13.5. The van der Waals surface area contributed by atoms with Crippen LogP contribution in [0.2, 0.25) is 0 Å². The number of halogens is 3. The van der Waals surface area contributed by atoms with Crippen LogP contribution in [0.15, 0.2) is 41.2 Å². The Morgan fingerprint density at radius 1 is 1.27 bits per heavy atom. The van der Waals surface area contributed by atoms with Gasteiger partial charge in [-0.1, -0.05) is 18.1 Å². The number of pyridine rings is 2. The van der Waals surface area contributed by atoms with Gasteiger partial charge in [0.25, 0.3) is 5.56 Å². The molecule has 2 aromatic heterocycles. The highest BCUT2D eigenvalue weighted by Crippen LogP contribution is 2.34. The van der Waals surface area contributed by atoms with E-state index in [1.807, 2.05) is 24.3 Å². The first-order valence-corrected chi connectivity index (χ1v) is 10.7. The Balaban J connectivity index is 1.55. The summed E-state index contributed by atoms with van der Waals surface area (Å²) in [4.78, 5) is 21.9. The number of aromatic amines is 1. The molecule has 0 radical (unpaired) electrons. The van der Waals surface area contributed by atoms with Crippen LogP contribution in [0.1, 0.15) is 41.3 Å². The molecule has 33 heavy (non-hydrogen) atoms. The number of terminal acetylenes is 1. The molecule has 1 atom stereocenters. The van der Waals surface area contributed by atoms with E-state index in [-0.39, 0.29) is 23.7 Å². The van der Waals surface area contributed by atoms with E-state index in [9.17, 15) is 18.0 Å². The zero-order valence-electron chi connectivity index (χ0n) is 18.2. The molecular weight excluding hydrogens is 431 g/mol. The zero-order valence-corrected chi connectivity index (χ0v) is 18.2. The molecule has 8 heteroatoms. The monoisotopic (exact) mass is 455 g/mol. The summed E-state index contributed by atoms with van der Waals surface area (Å²) in [7, 11) is 0. The average molecular weight is 455 g/mol. The van der Waals surface area contributed by atoms with Crippen molar-refractivity contribution in [2.45, 2.75) is 38.4 Å². The summed E-state index contributed by atoms with van der Waals surface area (Å²) in [5.41, 5.74) is 0.357. The van der Waals surface area contributed by atoms with Crippen LogP contribution in [-0.4, -0.2) is 34.6 Å². The van der Waals surface area contributed by atoms with Gasteiger partial charge in [0, 0.05) is 30.4 Å². The third-order valence-corrected chi connectivity index (χ3v) is 5.86. The number of aromatic nitrogens is 2. The quantitative estimate of drug-likeness (QED) is 0.570. The van der Waals surface area contributed by atoms with Gasteiger partial charge in [0.05, 0.1) is 16.5 Å². The Labute approximate surface area is 189 Å². The fourth-order valence-corrected chi connectivity index (χ4v) is 4.39. The SMILES string of the molecule is C#CCOc1ccc(CN2CCC[C@@H](c3cc4nc(C)cc(C(F)(F)F)c4c(=O)[nH]3)C2)cc1. The van der Waals surface area contributed by atoms with Crippen molar-refractivity contribution >= 4 is 10.9 Å². The van der Waals surface area contributed by atoms with Gasteiger partial charge >= 0.3 is 6.18 Å². The van der Waals surface area contributed by atoms with Crippen molar-refractivity contribution < 1.29 is 17.9 Å². The third kappa shape index (κ3) is 5.20. The summed E-state index contributed by atoms with van der Waals surface area (Å²) in [5.74, 6) is 3.15. The molecule has 0 spiro atoms. The van der Waals surface area contributed by atoms with Crippen molar-refractivity contribution in [1.82, 2.24) is 14.9 Å². The van der Waals surface area contributed by atoms with Gasteiger partial charge in [0.1, 0.15) is 12.4 Å². The van der Waals surface area contributed by atoms with E-state index in [4.69, 9.17) is 11.2 Å². The molecular formula is C25H24F3N3O2.